The van der Waals surface area contributed by atoms with Crippen LogP contribution in [-0.4, -0.2) is 38.6 Å². The van der Waals surface area contributed by atoms with E-state index in [1.54, 1.807) is 7.05 Å². The van der Waals surface area contributed by atoms with Gasteiger partial charge in [-0.15, -0.1) is 0 Å². The Balaban J connectivity index is 1.94. The van der Waals surface area contributed by atoms with Crippen LogP contribution in [0, 0.1) is 5.92 Å². The maximum absolute atomic E-state index is 5.89. The maximum Gasteiger partial charge on any atom is 0.193 e. The van der Waals surface area contributed by atoms with E-state index < -0.39 is 0 Å². The molecule has 2 rings (SSSR count). The molecule has 0 aliphatic heterocycles. The highest BCUT2D eigenvalue weighted by Crippen LogP contribution is 2.30. The van der Waals surface area contributed by atoms with Crippen molar-refractivity contribution < 1.29 is 4.74 Å². The lowest BCUT2D eigenvalue weighted by Crippen LogP contribution is -2.35. The number of para-hydroxylation sites is 1. The minimum absolute atomic E-state index is 0.728. The number of nitrogens with zero attached hydrogens (tertiary/aromatic N) is 2. The highest BCUT2D eigenvalue weighted by Gasteiger charge is 2.22. The summed E-state index contributed by atoms with van der Waals surface area (Å²) >= 11 is 0. The average molecular weight is 261 g/mol. The van der Waals surface area contributed by atoms with Crippen molar-refractivity contribution in [1.29, 1.82) is 0 Å². The normalized spacial score (nSPS) is 15.2. The first-order chi connectivity index (χ1) is 9.20. The van der Waals surface area contributed by atoms with Crippen LogP contribution in [0.1, 0.15) is 18.4 Å². The van der Waals surface area contributed by atoms with E-state index in [-0.39, 0.29) is 0 Å². The van der Waals surface area contributed by atoms with Crippen molar-refractivity contribution in [3.63, 3.8) is 0 Å². The number of benzene rings is 1. The quantitative estimate of drug-likeness (QED) is 0.651. The van der Waals surface area contributed by atoms with Gasteiger partial charge in [0.2, 0.25) is 0 Å². The Morgan fingerprint density at radius 3 is 2.74 bits per heavy atom. The van der Waals surface area contributed by atoms with Crippen LogP contribution in [0.3, 0.4) is 0 Å². The van der Waals surface area contributed by atoms with Crippen LogP contribution in [0.4, 0.5) is 0 Å². The Morgan fingerprint density at radius 1 is 1.37 bits per heavy atom. The zero-order valence-electron chi connectivity index (χ0n) is 12.0. The number of ether oxygens (including phenoxy) is 1. The van der Waals surface area contributed by atoms with Crippen LogP contribution in [0.25, 0.3) is 0 Å². The van der Waals surface area contributed by atoms with Gasteiger partial charge in [0.15, 0.2) is 5.96 Å². The number of rotatable bonds is 5. The molecule has 104 valence electrons. The summed E-state index contributed by atoms with van der Waals surface area (Å²) in [6, 6.07) is 8.20. The van der Waals surface area contributed by atoms with E-state index in [1.165, 1.54) is 18.4 Å². The molecule has 1 fully saturated rings. The molecule has 0 amide bonds. The van der Waals surface area contributed by atoms with E-state index in [2.05, 4.69) is 16.4 Å². The first-order valence-electron chi connectivity index (χ1n) is 6.79. The summed E-state index contributed by atoms with van der Waals surface area (Å²) in [6.07, 6.45) is 2.63. The van der Waals surface area contributed by atoms with Crippen molar-refractivity contribution in [2.45, 2.75) is 19.4 Å². The van der Waals surface area contributed by atoms with Gasteiger partial charge in [-0.2, -0.15) is 0 Å². The van der Waals surface area contributed by atoms with Gasteiger partial charge < -0.3 is 15.0 Å². The van der Waals surface area contributed by atoms with Crippen LogP contribution in [-0.2, 0) is 6.54 Å². The minimum atomic E-state index is 0.728. The van der Waals surface area contributed by atoms with Gasteiger partial charge in [-0.25, -0.2) is 0 Å². The molecule has 4 nitrogen and oxygen atoms in total. The number of hydrogen-bond donors (Lipinski definition) is 1. The Labute approximate surface area is 115 Å². The molecule has 0 atom stereocenters. The standard InChI is InChI=1S/C15H23N3O/c1-16-15(18(2)3)17-10-13-6-4-5-7-14(13)19-11-12-8-9-12/h4-7,12H,8-11H2,1-3H3,(H,16,17). The molecule has 1 saturated carbocycles. The summed E-state index contributed by atoms with van der Waals surface area (Å²) in [6.45, 7) is 1.57. The van der Waals surface area contributed by atoms with E-state index in [0.717, 1.165) is 30.8 Å². The molecule has 1 aliphatic carbocycles. The summed E-state index contributed by atoms with van der Waals surface area (Å²) in [5, 5.41) is 3.32. The molecular formula is C15H23N3O. The molecule has 1 aliphatic rings. The lowest BCUT2D eigenvalue weighted by molar-refractivity contribution is 0.296. The van der Waals surface area contributed by atoms with E-state index in [9.17, 15) is 0 Å². The molecule has 0 saturated heterocycles. The number of nitrogens with one attached hydrogen (secondary N) is 1. The lowest BCUT2D eigenvalue weighted by atomic mass is 10.2. The van der Waals surface area contributed by atoms with Crippen molar-refractivity contribution in [2.24, 2.45) is 10.9 Å². The third-order valence-corrected chi connectivity index (χ3v) is 3.22. The van der Waals surface area contributed by atoms with E-state index in [4.69, 9.17) is 4.74 Å². The summed E-state index contributed by atoms with van der Waals surface area (Å²) in [5.74, 6) is 2.63. The molecule has 1 aromatic rings. The van der Waals surface area contributed by atoms with Crippen molar-refractivity contribution in [3.05, 3.63) is 29.8 Å². The molecule has 0 bridgehead atoms. The molecule has 4 heteroatoms. The Morgan fingerprint density at radius 2 is 2.11 bits per heavy atom. The number of guanidine groups is 1. The lowest BCUT2D eigenvalue weighted by Gasteiger charge is -2.18. The van der Waals surface area contributed by atoms with Gasteiger partial charge in [-0.05, 0) is 24.8 Å². The second-order valence-electron chi connectivity index (χ2n) is 5.16. The van der Waals surface area contributed by atoms with Gasteiger partial charge in [0.05, 0.1) is 6.61 Å². The van der Waals surface area contributed by atoms with E-state index in [1.807, 2.05) is 37.2 Å². The van der Waals surface area contributed by atoms with Crippen LogP contribution >= 0.6 is 0 Å². The van der Waals surface area contributed by atoms with Crippen molar-refractivity contribution >= 4 is 5.96 Å². The monoisotopic (exact) mass is 261 g/mol. The van der Waals surface area contributed by atoms with E-state index in [0.29, 0.717) is 0 Å². The average Bonchev–Trinajstić information content (AvgIpc) is 3.22. The van der Waals surface area contributed by atoms with Crippen LogP contribution in [0.2, 0.25) is 0 Å². The largest absolute Gasteiger partial charge is 0.493 e. The number of hydrogen-bond acceptors (Lipinski definition) is 2. The molecular weight excluding hydrogens is 238 g/mol. The van der Waals surface area contributed by atoms with Crippen LogP contribution < -0.4 is 10.1 Å². The minimum Gasteiger partial charge on any atom is -0.493 e. The zero-order valence-corrected chi connectivity index (χ0v) is 12.0. The molecule has 0 spiro atoms. The second-order valence-corrected chi connectivity index (χ2v) is 5.16. The molecule has 19 heavy (non-hydrogen) atoms. The fourth-order valence-electron chi connectivity index (χ4n) is 1.89. The summed E-state index contributed by atoms with van der Waals surface area (Å²) < 4.78 is 5.89. The molecule has 0 unspecified atom stereocenters. The van der Waals surface area contributed by atoms with Gasteiger partial charge in [-0.3, -0.25) is 4.99 Å². The first kappa shape index (κ1) is 13.7. The van der Waals surface area contributed by atoms with Crippen molar-refractivity contribution in [1.82, 2.24) is 10.2 Å². The molecule has 0 radical (unpaired) electrons. The molecule has 1 aromatic carbocycles. The predicted octanol–water partition coefficient (Wildman–Crippen LogP) is 2.11. The van der Waals surface area contributed by atoms with Gasteiger partial charge in [0.1, 0.15) is 5.75 Å². The molecule has 0 aromatic heterocycles. The zero-order chi connectivity index (χ0) is 13.7. The second kappa shape index (κ2) is 6.45. The summed E-state index contributed by atoms with van der Waals surface area (Å²) in [7, 11) is 5.74. The van der Waals surface area contributed by atoms with Crippen molar-refractivity contribution in [2.75, 3.05) is 27.7 Å². The van der Waals surface area contributed by atoms with E-state index >= 15 is 0 Å². The summed E-state index contributed by atoms with van der Waals surface area (Å²) in [4.78, 5) is 6.17. The van der Waals surface area contributed by atoms with Crippen LogP contribution in [0.5, 0.6) is 5.75 Å². The third-order valence-electron chi connectivity index (χ3n) is 3.22. The Kier molecular flexibility index (Phi) is 4.66. The van der Waals surface area contributed by atoms with Crippen LogP contribution in [0.15, 0.2) is 29.3 Å². The summed E-state index contributed by atoms with van der Waals surface area (Å²) in [5.41, 5.74) is 1.17. The van der Waals surface area contributed by atoms with Gasteiger partial charge in [-0.1, -0.05) is 18.2 Å². The van der Waals surface area contributed by atoms with Gasteiger partial charge in [0, 0.05) is 33.3 Å². The van der Waals surface area contributed by atoms with Crippen molar-refractivity contribution in [3.8, 4) is 5.75 Å². The predicted molar refractivity (Wildman–Crippen MR) is 78.5 cm³/mol. The topological polar surface area (TPSA) is 36.9 Å². The SMILES string of the molecule is CN=C(NCc1ccccc1OCC1CC1)N(C)C. The Hall–Kier alpha value is -1.71. The fraction of sp³-hybridized carbons (Fsp3) is 0.533. The fourth-order valence-corrected chi connectivity index (χ4v) is 1.89. The number of aliphatic imine (C=N–C) groups is 1. The molecule has 1 N–H and O–H groups in total. The van der Waals surface area contributed by atoms with Gasteiger partial charge in [0.25, 0.3) is 0 Å². The maximum atomic E-state index is 5.89. The third kappa shape index (κ3) is 4.16. The highest BCUT2D eigenvalue weighted by atomic mass is 16.5. The van der Waals surface area contributed by atoms with Gasteiger partial charge >= 0.3 is 0 Å². The Bertz CT molecular complexity index is 439. The highest BCUT2D eigenvalue weighted by molar-refractivity contribution is 5.79. The molecule has 0 heterocycles. The smallest absolute Gasteiger partial charge is 0.193 e. The first-order valence-corrected chi connectivity index (χ1v) is 6.79.